The van der Waals surface area contributed by atoms with Crippen molar-refractivity contribution in [2.24, 2.45) is 0 Å². The highest BCUT2D eigenvalue weighted by atomic mass is 16.5. The predicted molar refractivity (Wildman–Crippen MR) is 73.0 cm³/mol. The summed E-state index contributed by atoms with van der Waals surface area (Å²) in [5, 5.41) is 3.38. The Morgan fingerprint density at radius 2 is 2.26 bits per heavy atom. The summed E-state index contributed by atoms with van der Waals surface area (Å²) in [6, 6.07) is 7.87. The van der Waals surface area contributed by atoms with Gasteiger partial charge in [0, 0.05) is 38.3 Å². The summed E-state index contributed by atoms with van der Waals surface area (Å²) in [6.07, 6.45) is 2.40. The Balaban J connectivity index is 1.79. The molecule has 1 unspecified atom stereocenters. The quantitative estimate of drug-likeness (QED) is 0.874. The van der Waals surface area contributed by atoms with Gasteiger partial charge in [-0.15, -0.1) is 0 Å². The molecule has 2 heterocycles. The van der Waals surface area contributed by atoms with Crippen LogP contribution in [0.15, 0.2) is 24.3 Å². The predicted octanol–water partition coefficient (Wildman–Crippen LogP) is 1.41. The Morgan fingerprint density at radius 1 is 1.37 bits per heavy atom. The number of hydrogen-bond donors (Lipinski definition) is 1. The van der Waals surface area contributed by atoms with Crippen LogP contribution in [0.2, 0.25) is 0 Å². The maximum atomic E-state index is 12.6. The minimum absolute atomic E-state index is 0.146. The van der Waals surface area contributed by atoms with Gasteiger partial charge in [-0.2, -0.15) is 0 Å². The number of benzene rings is 1. The number of nitrogens with one attached hydrogen (secondary N) is 1. The monoisotopic (exact) mass is 260 g/mol. The van der Waals surface area contributed by atoms with E-state index < -0.39 is 0 Å². The lowest BCUT2D eigenvalue weighted by Crippen LogP contribution is -2.43. The van der Waals surface area contributed by atoms with Crippen LogP contribution in [0.3, 0.4) is 0 Å². The second-order valence-electron chi connectivity index (χ2n) is 5.22. The van der Waals surface area contributed by atoms with Crippen molar-refractivity contribution in [2.75, 3.05) is 26.2 Å². The topological polar surface area (TPSA) is 41.6 Å². The number of ether oxygens (including phenoxy) is 1. The number of fused-ring (bicyclic) bond motifs is 1. The molecule has 19 heavy (non-hydrogen) atoms. The Labute approximate surface area is 113 Å². The Morgan fingerprint density at radius 3 is 3.11 bits per heavy atom. The normalized spacial score (nSPS) is 23.9. The number of hydrogen-bond acceptors (Lipinski definition) is 3. The van der Waals surface area contributed by atoms with E-state index >= 15 is 0 Å². The van der Waals surface area contributed by atoms with E-state index in [1.807, 2.05) is 29.2 Å². The molecule has 1 saturated heterocycles. The third-order valence-electron chi connectivity index (χ3n) is 3.86. The van der Waals surface area contributed by atoms with E-state index in [4.69, 9.17) is 4.74 Å². The zero-order valence-electron chi connectivity index (χ0n) is 11.1. The molecule has 3 rings (SSSR count). The lowest BCUT2D eigenvalue weighted by Gasteiger charge is -2.28. The fraction of sp³-hybridized carbons (Fsp3) is 0.533. The third kappa shape index (κ3) is 2.80. The first kappa shape index (κ1) is 12.6. The Hall–Kier alpha value is -1.39. The standard InChI is InChI=1S/C15H20N2O2/c18-15-14-6-2-1-4-12(14)10-16-7-8-17(15)11-13-5-3-9-19-13/h1-2,4,6,13,16H,3,5,7-11H2. The molecule has 0 saturated carbocycles. The molecular weight excluding hydrogens is 240 g/mol. The molecule has 1 aromatic rings. The van der Waals surface area contributed by atoms with Gasteiger partial charge in [0.05, 0.1) is 6.10 Å². The van der Waals surface area contributed by atoms with Crippen molar-refractivity contribution in [3.05, 3.63) is 35.4 Å². The van der Waals surface area contributed by atoms with Crippen molar-refractivity contribution in [1.82, 2.24) is 10.2 Å². The van der Waals surface area contributed by atoms with Crippen molar-refractivity contribution in [1.29, 1.82) is 0 Å². The molecule has 4 nitrogen and oxygen atoms in total. The summed E-state index contributed by atoms with van der Waals surface area (Å²) in [7, 11) is 0. The molecule has 2 aliphatic heterocycles. The number of rotatable bonds is 2. The van der Waals surface area contributed by atoms with Crippen LogP contribution in [0, 0.1) is 0 Å². The lowest BCUT2D eigenvalue weighted by molar-refractivity contribution is 0.0522. The highest BCUT2D eigenvalue weighted by Gasteiger charge is 2.25. The van der Waals surface area contributed by atoms with Crippen LogP contribution in [0.25, 0.3) is 0 Å². The highest BCUT2D eigenvalue weighted by Crippen LogP contribution is 2.17. The van der Waals surface area contributed by atoms with E-state index in [0.29, 0.717) is 0 Å². The van der Waals surface area contributed by atoms with Gasteiger partial charge in [-0.3, -0.25) is 4.79 Å². The summed E-state index contributed by atoms with van der Waals surface area (Å²) >= 11 is 0. The fourth-order valence-electron chi connectivity index (χ4n) is 2.80. The van der Waals surface area contributed by atoms with Gasteiger partial charge < -0.3 is 15.0 Å². The van der Waals surface area contributed by atoms with Crippen LogP contribution in [0.1, 0.15) is 28.8 Å². The molecule has 102 valence electrons. The van der Waals surface area contributed by atoms with Crippen molar-refractivity contribution < 1.29 is 9.53 Å². The van der Waals surface area contributed by atoms with Gasteiger partial charge in [0.2, 0.25) is 0 Å². The van der Waals surface area contributed by atoms with Crippen LogP contribution < -0.4 is 5.32 Å². The van der Waals surface area contributed by atoms with Gasteiger partial charge in [-0.05, 0) is 24.5 Å². The van der Waals surface area contributed by atoms with Crippen LogP contribution >= 0.6 is 0 Å². The van der Waals surface area contributed by atoms with Gasteiger partial charge in [0.25, 0.3) is 5.91 Å². The molecule has 0 radical (unpaired) electrons. The first-order valence-electron chi connectivity index (χ1n) is 7.04. The van der Waals surface area contributed by atoms with Crippen molar-refractivity contribution in [2.45, 2.75) is 25.5 Å². The molecule has 0 aromatic heterocycles. The van der Waals surface area contributed by atoms with Gasteiger partial charge >= 0.3 is 0 Å². The molecule has 0 aliphatic carbocycles. The summed E-state index contributed by atoms with van der Waals surface area (Å²) in [5.74, 6) is 0.146. The molecule has 1 atom stereocenters. The maximum absolute atomic E-state index is 12.6. The first-order chi connectivity index (χ1) is 9.34. The first-order valence-corrected chi connectivity index (χ1v) is 7.04. The van der Waals surface area contributed by atoms with E-state index in [2.05, 4.69) is 5.32 Å². The van der Waals surface area contributed by atoms with Crippen LogP contribution in [-0.2, 0) is 11.3 Å². The van der Waals surface area contributed by atoms with Gasteiger partial charge in [0.15, 0.2) is 0 Å². The fourth-order valence-corrected chi connectivity index (χ4v) is 2.80. The average Bonchev–Trinajstić information content (AvgIpc) is 2.93. The maximum Gasteiger partial charge on any atom is 0.254 e. The summed E-state index contributed by atoms with van der Waals surface area (Å²) < 4.78 is 5.65. The van der Waals surface area contributed by atoms with Gasteiger partial charge in [0.1, 0.15) is 0 Å². The molecule has 4 heteroatoms. The lowest BCUT2D eigenvalue weighted by atomic mass is 10.0. The van der Waals surface area contributed by atoms with Crippen LogP contribution in [-0.4, -0.2) is 43.2 Å². The number of carbonyl (C=O) groups is 1. The SMILES string of the molecule is O=C1c2ccccc2CNCCN1CC1CCCO1. The summed E-state index contributed by atoms with van der Waals surface area (Å²) in [6.45, 7) is 3.92. The molecule has 0 bridgehead atoms. The van der Waals surface area contributed by atoms with E-state index in [0.717, 1.165) is 56.8 Å². The molecule has 0 spiro atoms. The third-order valence-corrected chi connectivity index (χ3v) is 3.86. The van der Waals surface area contributed by atoms with Crippen LogP contribution in [0.4, 0.5) is 0 Å². The zero-order valence-corrected chi connectivity index (χ0v) is 11.1. The molecule has 1 aromatic carbocycles. The van der Waals surface area contributed by atoms with Gasteiger partial charge in [-0.1, -0.05) is 18.2 Å². The van der Waals surface area contributed by atoms with Gasteiger partial charge in [-0.25, -0.2) is 0 Å². The minimum atomic E-state index is 0.146. The molecule has 2 aliphatic rings. The van der Waals surface area contributed by atoms with Crippen molar-refractivity contribution in [3.63, 3.8) is 0 Å². The van der Waals surface area contributed by atoms with E-state index in [1.165, 1.54) is 0 Å². The van der Waals surface area contributed by atoms with E-state index in [-0.39, 0.29) is 12.0 Å². The minimum Gasteiger partial charge on any atom is -0.376 e. The largest absolute Gasteiger partial charge is 0.376 e. The zero-order chi connectivity index (χ0) is 13.1. The summed E-state index contributed by atoms with van der Waals surface area (Å²) in [4.78, 5) is 14.6. The highest BCUT2D eigenvalue weighted by molar-refractivity contribution is 5.95. The molecular formula is C15H20N2O2. The smallest absolute Gasteiger partial charge is 0.254 e. The average molecular weight is 260 g/mol. The Kier molecular flexibility index (Phi) is 3.80. The molecule has 1 fully saturated rings. The molecule has 1 amide bonds. The molecule has 1 N–H and O–H groups in total. The van der Waals surface area contributed by atoms with E-state index in [9.17, 15) is 4.79 Å². The number of amides is 1. The number of carbonyl (C=O) groups excluding carboxylic acids is 1. The van der Waals surface area contributed by atoms with Crippen molar-refractivity contribution >= 4 is 5.91 Å². The Bertz CT molecular complexity index is 455. The van der Waals surface area contributed by atoms with Crippen LogP contribution in [0.5, 0.6) is 0 Å². The second kappa shape index (κ2) is 5.72. The van der Waals surface area contributed by atoms with Crippen molar-refractivity contribution in [3.8, 4) is 0 Å². The number of nitrogens with zero attached hydrogens (tertiary/aromatic N) is 1. The van der Waals surface area contributed by atoms with E-state index in [1.54, 1.807) is 0 Å². The second-order valence-corrected chi connectivity index (χ2v) is 5.22. The summed E-state index contributed by atoms with van der Waals surface area (Å²) in [5.41, 5.74) is 1.91.